The number of thioether (sulfide) groups is 1. The van der Waals surface area contributed by atoms with E-state index >= 15 is 0 Å². The maximum Gasteiger partial charge on any atom is 0.255 e. The van der Waals surface area contributed by atoms with E-state index in [4.69, 9.17) is 0 Å². The van der Waals surface area contributed by atoms with Gasteiger partial charge in [-0.15, -0.1) is 11.8 Å². The summed E-state index contributed by atoms with van der Waals surface area (Å²) in [7, 11) is 0. The lowest BCUT2D eigenvalue weighted by Crippen LogP contribution is -2.11. The van der Waals surface area contributed by atoms with Gasteiger partial charge < -0.3 is 5.32 Å². The summed E-state index contributed by atoms with van der Waals surface area (Å²) in [5.74, 6) is 0.907. The van der Waals surface area contributed by atoms with Crippen molar-refractivity contribution in [2.75, 3.05) is 11.1 Å². The number of hydrogen-bond donors (Lipinski definition) is 1. The SMILES string of the molecule is CCSc1ccc(C(=O)Nc2ccc(Sc3nccc(C)n3)cc2)cc1. The molecule has 0 saturated heterocycles. The molecule has 0 unspecified atom stereocenters. The van der Waals surface area contributed by atoms with Crippen molar-refractivity contribution < 1.29 is 4.79 Å². The first kappa shape index (κ1) is 18.5. The molecular formula is C20H19N3OS2. The zero-order chi connectivity index (χ0) is 18.4. The third-order valence-corrected chi connectivity index (χ3v) is 5.30. The van der Waals surface area contributed by atoms with E-state index in [2.05, 4.69) is 22.2 Å². The van der Waals surface area contributed by atoms with Gasteiger partial charge in [0.15, 0.2) is 5.16 Å². The van der Waals surface area contributed by atoms with Crippen LogP contribution in [0.2, 0.25) is 0 Å². The highest BCUT2D eigenvalue weighted by molar-refractivity contribution is 7.99. The Balaban J connectivity index is 1.62. The van der Waals surface area contributed by atoms with Gasteiger partial charge in [0.25, 0.3) is 5.91 Å². The van der Waals surface area contributed by atoms with Crippen LogP contribution < -0.4 is 5.32 Å². The van der Waals surface area contributed by atoms with E-state index in [1.165, 1.54) is 16.7 Å². The van der Waals surface area contributed by atoms with Crippen LogP contribution in [-0.4, -0.2) is 21.6 Å². The normalized spacial score (nSPS) is 10.5. The second-order valence-electron chi connectivity index (χ2n) is 5.52. The van der Waals surface area contributed by atoms with Crippen LogP contribution in [0.25, 0.3) is 0 Å². The molecule has 0 aliphatic rings. The van der Waals surface area contributed by atoms with Crippen LogP contribution in [0.4, 0.5) is 5.69 Å². The largest absolute Gasteiger partial charge is 0.322 e. The van der Waals surface area contributed by atoms with Gasteiger partial charge in [-0.25, -0.2) is 9.97 Å². The van der Waals surface area contributed by atoms with E-state index in [0.29, 0.717) is 10.7 Å². The topological polar surface area (TPSA) is 54.9 Å². The smallest absolute Gasteiger partial charge is 0.255 e. The molecule has 0 aliphatic carbocycles. The van der Waals surface area contributed by atoms with E-state index in [9.17, 15) is 4.79 Å². The molecule has 2 aromatic carbocycles. The summed E-state index contributed by atoms with van der Waals surface area (Å²) in [4.78, 5) is 23.2. The summed E-state index contributed by atoms with van der Waals surface area (Å²) in [6.45, 7) is 4.05. The van der Waals surface area contributed by atoms with Crippen molar-refractivity contribution in [3.8, 4) is 0 Å². The number of amides is 1. The summed E-state index contributed by atoms with van der Waals surface area (Å²) < 4.78 is 0. The number of anilines is 1. The van der Waals surface area contributed by atoms with Gasteiger partial charge >= 0.3 is 0 Å². The Hall–Kier alpha value is -2.31. The third-order valence-electron chi connectivity index (χ3n) is 3.52. The van der Waals surface area contributed by atoms with Gasteiger partial charge in [0.2, 0.25) is 0 Å². The molecule has 0 fully saturated rings. The summed E-state index contributed by atoms with van der Waals surface area (Å²) in [6, 6.07) is 17.2. The molecule has 132 valence electrons. The highest BCUT2D eigenvalue weighted by atomic mass is 32.2. The molecular weight excluding hydrogens is 362 g/mol. The van der Waals surface area contributed by atoms with Crippen LogP contribution in [0.5, 0.6) is 0 Å². The maximum atomic E-state index is 12.4. The van der Waals surface area contributed by atoms with E-state index in [0.717, 1.165) is 22.0 Å². The molecule has 0 aliphatic heterocycles. The Morgan fingerprint density at radius 2 is 1.69 bits per heavy atom. The second-order valence-corrected chi connectivity index (χ2v) is 7.90. The Kier molecular flexibility index (Phi) is 6.30. The van der Waals surface area contributed by atoms with Crippen molar-refractivity contribution in [1.82, 2.24) is 9.97 Å². The molecule has 6 heteroatoms. The Labute approximate surface area is 161 Å². The monoisotopic (exact) mass is 381 g/mol. The Morgan fingerprint density at radius 1 is 1.00 bits per heavy atom. The lowest BCUT2D eigenvalue weighted by Gasteiger charge is -2.07. The molecule has 0 saturated carbocycles. The van der Waals surface area contributed by atoms with E-state index in [1.54, 1.807) is 18.0 Å². The molecule has 1 amide bonds. The lowest BCUT2D eigenvalue weighted by atomic mass is 10.2. The highest BCUT2D eigenvalue weighted by Crippen LogP contribution is 2.26. The van der Waals surface area contributed by atoms with Crippen LogP contribution in [-0.2, 0) is 0 Å². The van der Waals surface area contributed by atoms with Crippen molar-refractivity contribution in [3.05, 3.63) is 72.1 Å². The fourth-order valence-electron chi connectivity index (χ4n) is 2.26. The third kappa shape index (κ3) is 5.09. The Bertz CT molecular complexity index is 880. The molecule has 26 heavy (non-hydrogen) atoms. The molecule has 1 aromatic heterocycles. The zero-order valence-corrected chi connectivity index (χ0v) is 16.2. The van der Waals surface area contributed by atoms with Crippen molar-refractivity contribution in [3.63, 3.8) is 0 Å². The molecule has 3 aromatic rings. The van der Waals surface area contributed by atoms with Crippen LogP contribution >= 0.6 is 23.5 Å². The minimum atomic E-state index is -0.111. The van der Waals surface area contributed by atoms with Crippen LogP contribution in [0.3, 0.4) is 0 Å². The van der Waals surface area contributed by atoms with Gasteiger partial charge in [-0.2, -0.15) is 0 Å². The van der Waals surface area contributed by atoms with E-state index in [-0.39, 0.29) is 5.91 Å². The number of aromatic nitrogens is 2. The average molecular weight is 382 g/mol. The summed E-state index contributed by atoms with van der Waals surface area (Å²) in [5.41, 5.74) is 2.35. The number of hydrogen-bond acceptors (Lipinski definition) is 5. The van der Waals surface area contributed by atoms with Gasteiger partial charge in [0, 0.05) is 32.9 Å². The number of benzene rings is 2. The van der Waals surface area contributed by atoms with Crippen molar-refractivity contribution in [1.29, 1.82) is 0 Å². The van der Waals surface area contributed by atoms with Gasteiger partial charge in [-0.1, -0.05) is 6.92 Å². The van der Waals surface area contributed by atoms with E-state index in [1.807, 2.05) is 61.5 Å². The molecule has 0 bridgehead atoms. The van der Waals surface area contributed by atoms with Crippen LogP contribution in [0.15, 0.2) is 75.7 Å². The number of carbonyl (C=O) groups is 1. The fraction of sp³-hybridized carbons (Fsp3) is 0.150. The number of aryl methyl sites for hydroxylation is 1. The van der Waals surface area contributed by atoms with E-state index < -0.39 is 0 Å². The lowest BCUT2D eigenvalue weighted by molar-refractivity contribution is 0.102. The first-order valence-electron chi connectivity index (χ1n) is 8.26. The predicted octanol–water partition coefficient (Wildman–Crippen LogP) is 5.30. The molecule has 0 radical (unpaired) electrons. The minimum absolute atomic E-state index is 0.111. The zero-order valence-electron chi connectivity index (χ0n) is 14.6. The Morgan fingerprint density at radius 3 is 2.35 bits per heavy atom. The van der Waals surface area contributed by atoms with Crippen molar-refractivity contribution in [2.45, 2.75) is 28.8 Å². The van der Waals surface area contributed by atoms with Gasteiger partial charge in [0.05, 0.1) is 0 Å². The van der Waals surface area contributed by atoms with Crippen molar-refractivity contribution in [2.24, 2.45) is 0 Å². The quantitative estimate of drug-likeness (QED) is 0.464. The number of nitrogens with one attached hydrogen (secondary N) is 1. The van der Waals surface area contributed by atoms with Crippen LogP contribution in [0.1, 0.15) is 23.0 Å². The molecule has 4 nitrogen and oxygen atoms in total. The summed E-state index contributed by atoms with van der Waals surface area (Å²) >= 11 is 3.25. The van der Waals surface area contributed by atoms with Gasteiger partial charge in [0.1, 0.15) is 0 Å². The average Bonchev–Trinajstić information content (AvgIpc) is 2.64. The van der Waals surface area contributed by atoms with Gasteiger partial charge in [-0.05, 0) is 79.0 Å². The molecule has 3 rings (SSSR count). The first-order valence-corrected chi connectivity index (χ1v) is 10.1. The second kappa shape index (κ2) is 8.87. The summed E-state index contributed by atoms with van der Waals surface area (Å²) in [5, 5.41) is 3.64. The number of nitrogens with zero attached hydrogens (tertiary/aromatic N) is 2. The number of carbonyl (C=O) groups excluding carboxylic acids is 1. The summed E-state index contributed by atoms with van der Waals surface area (Å²) in [6.07, 6.45) is 1.75. The predicted molar refractivity (Wildman–Crippen MR) is 108 cm³/mol. The molecule has 0 atom stereocenters. The molecule has 0 spiro atoms. The fourth-order valence-corrected chi connectivity index (χ4v) is 3.71. The molecule has 1 N–H and O–H groups in total. The van der Waals surface area contributed by atoms with Gasteiger partial charge in [-0.3, -0.25) is 4.79 Å². The number of rotatable bonds is 6. The highest BCUT2D eigenvalue weighted by Gasteiger charge is 2.07. The minimum Gasteiger partial charge on any atom is -0.322 e. The van der Waals surface area contributed by atoms with Crippen molar-refractivity contribution >= 4 is 35.1 Å². The molecule has 1 heterocycles. The first-order chi connectivity index (χ1) is 12.6. The van der Waals surface area contributed by atoms with Crippen LogP contribution in [0, 0.1) is 6.92 Å². The standard InChI is InChI=1S/C20H19N3OS2/c1-3-25-17-8-4-15(5-9-17)19(24)23-16-6-10-18(11-7-16)26-20-21-13-12-14(2)22-20/h4-13H,3H2,1-2H3,(H,23,24). The maximum absolute atomic E-state index is 12.4.